The van der Waals surface area contributed by atoms with Crippen molar-refractivity contribution >= 4 is 46.5 Å². The van der Waals surface area contributed by atoms with Gasteiger partial charge in [0.25, 0.3) is 0 Å². The Balaban J connectivity index is 0.826. The number of unbranched alkanes of at least 4 members (excludes halogenated alkanes) is 2. The van der Waals surface area contributed by atoms with Gasteiger partial charge < -0.3 is 36.2 Å². The van der Waals surface area contributed by atoms with Crippen molar-refractivity contribution in [1.82, 2.24) is 45.5 Å². The monoisotopic (exact) mass is 780 g/mol. The van der Waals surface area contributed by atoms with E-state index in [4.69, 9.17) is 15.6 Å². The number of benzene rings is 2. The fourth-order valence-corrected chi connectivity index (χ4v) is 9.28. The lowest BCUT2D eigenvalue weighted by Gasteiger charge is -2.32. The van der Waals surface area contributed by atoms with E-state index in [-0.39, 0.29) is 36.0 Å². The van der Waals surface area contributed by atoms with Crippen LogP contribution in [-0.4, -0.2) is 110 Å². The molecule has 4 atom stereocenters. The van der Waals surface area contributed by atoms with Gasteiger partial charge in [-0.3, -0.25) is 9.59 Å². The maximum Gasteiger partial charge on any atom is 0.315 e. The molecule has 296 valence electrons. The number of ether oxygens (including phenoxy) is 1. The number of anilines is 1. The highest BCUT2D eigenvalue weighted by molar-refractivity contribution is 8.00. The van der Waals surface area contributed by atoms with Crippen LogP contribution in [0.4, 0.5) is 10.6 Å². The molecule has 3 saturated heterocycles. The van der Waals surface area contributed by atoms with Gasteiger partial charge in [-0.2, -0.15) is 16.9 Å². The van der Waals surface area contributed by atoms with Gasteiger partial charge in [0.15, 0.2) is 5.65 Å². The quantitative estimate of drug-likeness (QED) is 0.0639. The molecule has 0 spiro atoms. The van der Waals surface area contributed by atoms with Crippen molar-refractivity contribution < 1.29 is 19.1 Å². The number of likely N-dealkylation sites (tertiary alicyclic amines) is 1. The van der Waals surface area contributed by atoms with Gasteiger partial charge in [-0.15, -0.1) is 0 Å². The molecule has 4 aromatic rings. The first-order chi connectivity index (χ1) is 27.3. The van der Waals surface area contributed by atoms with Gasteiger partial charge in [0.1, 0.15) is 29.3 Å². The summed E-state index contributed by atoms with van der Waals surface area (Å²) >= 11 is 1.91. The molecule has 0 radical (unpaired) electrons. The van der Waals surface area contributed by atoms with Crippen LogP contribution in [0.3, 0.4) is 0 Å². The van der Waals surface area contributed by atoms with E-state index in [9.17, 15) is 14.4 Å². The zero-order valence-corrected chi connectivity index (χ0v) is 32.8. The Hall–Kier alpha value is -5.15. The fraction of sp³-hybridized carbons (Fsp3) is 0.463. The molecule has 3 aliphatic rings. The highest BCUT2D eigenvalue weighted by atomic mass is 32.2. The first-order valence-electron chi connectivity index (χ1n) is 19.7. The highest BCUT2D eigenvalue weighted by Gasteiger charge is 2.42. The summed E-state index contributed by atoms with van der Waals surface area (Å²) in [5.41, 5.74) is 8.62. The highest BCUT2D eigenvalue weighted by Crippen LogP contribution is 2.35. The largest absolute Gasteiger partial charge is 0.457 e. The predicted molar refractivity (Wildman–Crippen MR) is 219 cm³/mol. The minimum Gasteiger partial charge on any atom is -0.457 e. The van der Waals surface area contributed by atoms with Crippen LogP contribution in [0.1, 0.15) is 57.4 Å². The number of thioether (sulfide) groups is 1. The molecule has 3 aliphatic heterocycles. The smallest absolute Gasteiger partial charge is 0.315 e. The second-order valence-electron chi connectivity index (χ2n) is 14.9. The molecule has 56 heavy (non-hydrogen) atoms. The number of rotatable bonds is 17. The van der Waals surface area contributed by atoms with Gasteiger partial charge in [0, 0.05) is 55.2 Å². The predicted octanol–water partition coefficient (Wildman–Crippen LogP) is 5.14. The summed E-state index contributed by atoms with van der Waals surface area (Å²) in [5, 5.41) is 15.2. The molecule has 7 rings (SSSR count). The number of aromatic nitrogens is 4. The van der Waals surface area contributed by atoms with E-state index in [1.807, 2.05) is 89.1 Å². The normalized spacial score (nSPS) is 20.7. The molecule has 5 heterocycles. The van der Waals surface area contributed by atoms with E-state index in [0.717, 1.165) is 68.6 Å². The van der Waals surface area contributed by atoms with Crippen LogP contribution >= 0.6 is 11.8 Å². The van der Waals surface area contributed by atoms with Gasteiger partial charge in [-0.25, -0.2) is 19.4 Å². The lowest BCUT2D eigenvalue weighted by atomic mass is 10.0. The van der Waals surface area contributed by atoms with E-state index in [1.54, 1.807) is 6.08 Å². The lowest BCUT2D eigenvalue weighted by molar-refractivity contribution is -0.127. The van der Waals surface area contributed by atoms with Crippen molar-refractivity contribution in [2.45, 2.75) is 74.7 Å². The third kappa shape index (κ3) is 9.80. The van der Waals surface area contributed by atoms with E-state index in [0.29, 0.717) is 66.1 Å². The molecule has 5 N–H and O–H groups in total. The average Bonchev–Trinajstić information content (AvgIpc) is 3.90. The first kappa shape index (κ1) is 39.1. The second-order valence-corrected chi connectivity index (χ2v) is 16.1. The van der Waals surface area contributed by atoms with Gasteiger partial charge in [-0.05, 0) is 88.5 Å². The Morgan fingerprint density at radius 2 is 1.88 bits per heavy atom. The average molecular weight is 781 g/mol. The fourth-order valence-electron chi connectivity index (χ4n) is 7.74. The SMILES string of the molecule is CN(CC=CC(=O)N1CCC[C@@H](n2nc(-c3ccc(Oc4ccccc4)cc3)c3c(N)ncnc32)C1)CCCCNC(=O)CCCCC1SC[C@@H]2NC(=O)N[C@H]12. The van der Waals surface area contributed by atoms with Crippen LogP contribution in [0.2, 0.25) is 0 Å². The molecule has 0 bridgehead atoms. The van der Waals surface area contributed by atoms with Crippen LogP contribution in [0.5, 0.6) is 11.5 Å². The van der Waals surface area contributed by atoms with E-state index in [2.05, 4.69) is 30.8 Å². The summed E-state index contributed by atoms with van der Waals surface area (Å²) in [6, 6.07) is 17.7. The Morgan fingerprint density at radius 3 is 2.71 bits per heavy atom. The van der Waals surface area contributed by atoms with Crippen molar-refractivity contribution in [2.24, 2.45) is 0 Å². The number of fused-ring (bicyclic) bond motifs is 2. The molecule has 2 aromatic heterocycles. The summed E-state index contributed by atoms with van der Waals surface area (Å²) in [4.78, 5) is 50.1. The number of urea groups is 1. The molecule has 0 aliphatic carbocycles. The van der Waals surface area contributed by atoms with Crippen molar-refractivity contribution in [3.05, 3.63) is 73.1 Å². The third-order valence-corrected chi connectivity index (χ3v) is 12.2. The number of hydrogen-bond acceptors (Lipinski definition) is 10. The van der Waals surface area contributed by atoms with Crippen molar-refractivity contribution in [2.75, 3.05) is 51.3 Å². The number of likely N-dealkylation sites (N-methyl/N-ethyl adjacent to an activating group) is 1. The molecule has 1 unspecified atom stereocenters. The minimum atomic E-state index is -0.0605. The number of para-hydroxylation sites is 1. The number of hydrogen-bond donors (Lipinski definition) is 4. The minimum absolute atomic E-state index is 0.0147. The molecular formula is C41H52N10O4S. The molecule has 15 heteroatoms. The summed E-state index contributed by atoms with van der Waals surface area (Å²) in [6.45, 7) is 3.40. The second kappa shape index (κ2) is 18.7. The number of nitrogens with one attached hydrogen (secondary N) is 3. The van der Waals surface area contributed by atoms with Gasteiger partial charge >= 0.3 is 6.03 Å². The number of nitrogen functional groups attached to an aromatic ring is 1. The summed E-state index contributed by atoms with van der Waals surface area (Å²) in [6.07, 6.45) is 12.0. The van der Waals surface area contributed by atoms with Gasteiger partial charge in [-0.1, -0.05) is 30.7 Å². The Bertz CT molecular complexity index is 1990. The summed E-state index contributed by atoms with van der Waals surface area (Å²) < 4.78 is 7.89. The van der Waals surface area contributed by atoms with E-state index >= 15 is 0 Å². The Labute approximate surface area is 332 Å². The van der Waals surface area contributed by atoms with Gasteiger partial charge in [0.2, 0.25) is 11.8 Å². The molecule has 4 amide bonds. The molecular weight excluding hydrogens is 729 g/mol. The summed E-state index contributed by atoms with van der Waals surface area (Å²) in [7, 11) is 2.04. The standard InChI is InChI=1S/C41H52N10O4S/c1-49(22-8-7-21-43-34(52)15-6-5-14-33-38-32(26-56-33)46-41(54)47-38)23-10-16-35(53)50-24-9-11-29(25-50)51-40-36(39(42)44-27-45-40)37(48-51)28-17-19-31(20-18-28)55-30-12-3-2-4-13-30/h2-4,10,12-13,16-20,27,29,32-33,38H,5-9,11,14-15,21-26H2,1H3,(H,43,52)(H2,42,44,45)(H2,46,47,54)/t29-,32+,33?,38+/m1/s1. The topological polar surface area (TPSA) is 173 Å². The van der Waals surface area contributed by atoms with Crippen molar-refractivity contribution in [3.8, 4) is 22.8 Å². The number of carbonyl (C=O) groups excluding carboxylic acids is 3. The Morgan fingerprint density at radius 1 is 1.05 bits per heavy atom. The van der Waals surface area contributed by atoms with Crippen LogP contribution < -0.4 is 26.4 Å². The zero-order chi connectivity index (χ0) is 38.9. The number of amides is 4. The van der Waals surface area contributed by atoms with Crippen molar-refractivity contribution in [1.29, 1.82) is 0 Å². The molecule has 2 aromatic carbocycles. The Kier molecular flexibility index (Phi) is 13.0. The van der Waals surface area contributed by atoms with Crippen molar-refractivity contribution in [3.63, 3.8) is 0 Å². The van der Waals surface area contributed by atoms with E-state index < -0.39 is 0 Å². The number of carbonyl (C=O) groups is 3. The number of nitrogens with zero attached hydrogens (tertiary/aromatic N) is 6. The number of nitrogens with two attached hydrogens (primary N) is 1. The zero-order valence-electron chi connectivity index (χ0n) is 31.9. The van der Waals surface area contributed by atoms with Crippen LogP contribution in [0, 0.1) is 0 Å². The summed E-state index contributed by atoms with van der Waals surface area (Å²) in [5.74, 6) is 2.88. The van der Waals surface area contributed by atoms with E-state index in [1.165, 1.54) is 6.33 Å². The molecule has 0 saturated carbocycles. The molecule has 3 fully saturated rings. The maximum absolute atomic E-state index is 13.3. The maximum atomic E-state index is 13.3. The first-order valence-corrected chi connectivity index (χ1v) is 20.8. The van der Waals surface area contributed by atoms with Gasteiger partial charge in [0.05, 0.1) is 23.5 Å². The van der Waals surface area contributed by atoms with Crippen LogP contribution in [-0.2, 0) is 9.59 Å². The molecule has 14 nitrogen and oxygen atoms in total. The lowest BCUT2D eigenvalue weighted by Crippen LogP contribution is -2.40. The van der Waals surface area contributed by atoms with Crippen LogP contribution in [0.25, 0.3) is 22.3 Å². The number of piperidine rings is 1. The van der Waals surface area contributed by atoms with Crippen LogP contribution in [0.15, 0.2) is 73.1 Å². The third-order valence-electron chi connectivity index (χ3n) is 10.7.